The Hall–Kier alpha value is -1.71. The molecule has 3 aromatic rings. The highest BCUT2D eigenvalue weighted by molar-refractivity contribution is 7.80. The number of benzene rings is 1. The van der Waals surface area contributed by atoms with Gasteiger partial charge in [0.2, 0.25) is 0 Å². The number of carbonyl (C=O) groups is 2. The summed E-state index contributed by atoms with van der Waals surface area (Å²) >= 11 is 20.4. The quantitative estimate of drug-likeness (QED) is 0.410. The Labute approximate surface area is 196 Å². The zero-order valence-corrected chi connectivity index (χ0v) is 19.8. The van der Waals surface area contributed by atoms with Crippen LogP contribution in [0.15, 0.2) is 18.2 Å². The van der Waals surface area contributed by atoms with Crippen molar-refractivity contribution in [1.29, 1.82) is 0 Å². The minimum atomic E-state index is -0.497. The van der Waals surface area contributed by atoms with Crippen LogP contribution in [0.1, 0.15) is 43.8 Å². The van der Waals surface area contributed by atoms with E-state index >= 15 is 0 Å². The van der Waals surface area contributed by atoms with Crippen molar-refractivity contribution in [2.24, 2.45) is 11.7 Å². The van der Waals surface area contributed by atoms with E-state index in [1.54, 1.807) is 18.2 Å². The molecule has 2 heterocycles. The minimum absolute atomic E-state index is 0.0840. The van der Waals surface area contributed by atoms with Crippen LogP contribution in [0, 0.1) is 5.92 Å². The molecule has 156 valence electrons. The normalized spacial score (nSPS) is 15.6. The van der Waals surface area contributed by atoms with E-state index in [1.807, 2.05) is 0 Å². The highest BCUT2D eigenvalue weighted by Crippen LogP contribution is 2.40. The van der Waals surface area contributed by atoms with Crippen LogP contribution in [0.2, 0.25) is 10.0 Å². The molecular formula is C20H17Cl2N3O2S3. The Morgan fingerprint density at radius 3 is 2.77 bits per heavy atom. The molecule has 1 aromatic carbocycles. The van der Waals surface area contributed by atoms with Crippen LogP contribution < -0.4 is 16.4 Å². The van der Waals surface area contributed by atoms with Gasteiger partial charge in [0, 0.05) is 20.0 Å². The molecule has 1 unspecified atom stereocenters. The number of fused-ring (bicyclic) bond motifs is 2. The summed E-state index contributed by atoms with van der Waals surface area (Å²) in [6.07, 6.45) is 2.73. The molecule has 2 aromatic heterocycles. The number of hydrogen-bond acceptors (Lipinski definition) is 5. The largest absolute Gasteiger partial charge is 0.365 e. The SMILES string of the molecule is CC1CCc2c(sc(NC(=S)NC(=O)c3sc4cc(Cl)ccc4c3Cl)c2C(N)=O)C1. The van der Waals surface area contributed by atoms with Gasteiger partial charge in [-0.25, -0.2) is 0 Å². The maximum absolute atomic E-state index is 12.7. The number of hydrogen-bond donors (Lipinski definition) is 3. The lowest BCUT2D eigenvalue weighted by molar-refractivity contribution is 0.0979. The molecule has 1 aliphatic carbocycles. The molecule has 4 N–H and O–H groups in total. The van der Waals surface area contributed by atoms with Gasteiger partial charge in [0.1, 0.15) is 9.88 Å². The molecule has 0 saturated heterocycles. The zero-order valence-electron chi connectivity index (χ0n) is 15.8. The first kappa shape index (κ1) is 21.5. The second kappa shape index (κ2) is 8.43. The van der Waals surface area contributed by atoms with Crippen molar-refractivity contribution < 1.29 is 9.59 Å². The molecule has 0 saturated carbocycles. The molecule has 5 nitrogen and oxygen atoms in total. The van der Waals surface area contributed by atoms with Gasteiger partial charge >= 0.3 is 0 Å². The third-order valence-corrected chi connectivity index (χ3v) is 8.27. The van der Waals surface area contributed by atoms with E-state index in [0.29, 0.717) is 31.4 Å². The smallest absolute Gasteiger partial charge is 0.269 e. The number of carbonyl (C=O) groups excluding carboxylic acids is 2. The topological polar surface area (TPSA) is 84.2 Å². The van der Waals surface area contributed by atoms with E-state index in [0.717, 1.165) is 39.8 Å². The van der Waals surface area contributed by atoms with Crippen molar-refractivity contribution in [3.05, 3.63) is 49.1 Å². The second-order valence-corrected chi connectivity index (χ2v) is 10.6. The zero-order chi connectivity index (χ0) is 21.6. The lowest BCUT2D eigenvalue weighted by Crippen LogP contribution is -2.34. The first-order valence-electron chi connectivity index (χ1n) is 9.18. The number of anilines is 1. The molecule has 1 atom stereocenters. The summed E-state index contributed by atoms with van der Waals surface area (Å²) in [5, 5.41) is 7.96. The first-order chi connectivity index (χ1) is 14.2. The summed E-state index contributed by atoms with van der Waals surface area (Å²) < 4.78 is 0.813. The van der Waals surface area contributed by atoms with Gasteiger partial charge in [0.25, 0.3) is 11.8 Å². The van der Waals surface area contributed by atoms with Crippen molar-refractivity contribution in [1.82, 2.24) is 5.32 Å². The van der Waals surface area contributed by atoms with Gasteiger partial charge in [0.15, 0.2) is 5.11 Å². The molecule has 30 heavy (non-hydrogen) atoms. The molecule has 0 fully saturated rings. The maximum Gasteiger partial charge on any atom is 0.269 e. The van der Waals surface area contributed by atoms with Gasteiger partial charge in [0.05, 0.1) is 10.6 Å². The first-order valence-corrected chi connectivity index (χ1v) is 12.0. The van der Waals surface area contributed by atoms with Gasteiger partial charge < -0.3 is 11.1 Å². The van der Waals surface area contributed by atoms with Gasteiger partial charge in [-0.3, -0.25) is 14.9 Å². The molecule has 0 spiro atoms. The summed E-state index contributed by atoms with van der Waals surface area (Å²) in [7, 11) is 0. The molecule has 0 aliphatic heterocycles. The van der Waals surface area contributed by atoms with Crippen LogP contribution in [-0.4, -0.2) is 16.9 Å². The number of halogens is 2. The fraction of sp³-hybridized carbons (Fsp3) is 0.250. The van der Waals surface area contributed by atoms with E-state index in [2.05, 4.69) is 17.6 Å². The van der Waals surface area contributed by atoms with Crippen LogP contribution in [0.3, 0.4) is 0 Å². The van der Waals surface area contributed by atoms with Gasteiger partial charge in [-0.2, -0.15) is 0 Å². The van der Waals surface area contributed by atoms with Crippen LogP contribution >= 0.6 is 58.1 Å². The van der Waals surface area contributed by atoms with Crippen molar-refractivity contribution in [2.75, 3.05) is 5.32 Å². The fourth-order valence-electron chi connectivity index (χ4n) is 3.58. The lowest BCUT2D eigenvalue weighted by Gasteiger charge is -2.18. The van der Waals surface area contributed by atoms with Crippen molar-refractivity contribution >= 4 is 90.1 Å². The van der Waals surface area contributed by atoms with E-state index in [1.165, 1.54) is 22.7 Å². The molecule has 0 radical (unpaired) electrons. The molecule has 0 bridgehead atoms. The standard InChI is InChI=1S/C20H17Cl2N3O2S3/c1-8-2-4-10-12(6-8)30-19(14(10)17(23)26)25-20(28)24-18(27)16-15(22)11-5-3-9(21)7-13(11)29-16/h3,5,7-8H,2,4,6H2,1H3,(H2,23,26)(H2,24,25,27,28). The Morgan fingerprint density at radius 2 is 2.03 bits per heavy atom. The highest BCUT2D eigenvalue weighted by atomic mass is 35.5. The maximum atomic E-state index is 12.7. The van der Waals surface area contributed by atoms with E-state index in [4.69, 9.17) is 41.2 Å². The summed E-state index contributed by atoms with van der Waals surface area (Å²) in [5.41, 5.74) is 7.09. The number of rotatable bonds is 3. The van der Waals surface area contributed by atoms with Gasteiger partial charge in [-0.05, 0) is 55.1 Å². The molecule has 10 heteroatoms. The van der Waals surface area contributed by atoms with Crippen molar-refractivity contribution in [3.8, 4) is 0 Å². The Morgan fingerprint density at radius 1 is 1.27 bits per heavy atom. The van der Waals surface area contributed by atoms with E-state index < -0.39 is 11.8 Å². The molecule has 2 amide bonds. The predicted octanol–water partition coefficient (Wildman–Crippen LogP) is 5.62. The Bertz CT molecular complexity index is 1200. The molecule has 1 aliphatic rings. The highest BCUT2D eigenvalue weighted by Gasteiger charge is 2.27. The molecular weight excluding hydrogens is 481 g/mol. The number of nitrogens with one attached hydrogen (secondary N) is 2. The average Bonchev–Trinajstić information content (AvgIpc) is 3.18. The predicted molar refractivity (Wildman–Crippen MR) is 130 cm³/mol. The lowest BCUT2D eigenvalue weighted by atomic mass is 9.88. The van der Waals surface area contributed by atoms with Gasteiger partial charge in [-0.15, -0.1) is 22.7 Å². The Balaban J connectivity index is 1.55. The van der Waals surface area contributed by atoms with Crippen LogP contribution in [-0.2, 0) is 12.8 Å². The molecule has 4 rings (SSSR count). The monoisotopic (exact) mass is 497 g/mol. The van der Waals surface area contributed by atoms with Crippen molar-refractivity contribution in [3.63, 3.8) is 0 Å². The number of primary amides is 1. The second-order valence-electron chi connectivity index (χ2n) is 7.21. The van der Waals surface area contributed by atoms with Gasteiger partial charge in [-0.1, -0.05) is 36.2 Å². The van der Waals surface area contributed by atoms with E-state index in [-0.39, 0.29) is 5.11 Å². The third kappa shape index (κ3) is 4.07. The Kier molecular flexibility index (Phi) is 6.05. The van der Waals surface area contributed by atoms with Crippen LogP contribution in [0.25, 0.3) is 10.1 Å². The number of amides is 2. The number of thiophene rings is 2. The fourth-order valence-corrected chi connectivity index (χ4v) is 6.95. The minimum Gasteiger partial charge on any atom is -0.365 e. The van der Waals surface area contributed by atoms with Crippen molar-refractivity contribution in [2.45, 2.75) is 26.2 Å². The third-order valence-electron chi connectivity index (χ3n) is 5.01. The average molecular weight is 498 g/mol. The summed E-state index contributed by atoms with van der Waals surface area (Å²) in [6.45, 7) is 2.19. The summed E-state index contributed by atoms with van der Waals surface area (Å²) in [4.78, 5) is 26.3. The van der Waals surface area contributed by atoms with Crippen LogP contribution in [0.4, 0.5) is 5.00 Å². The summed E-state index contributed by atoms with van der Waals surface area (Å²) in [6, 6.07) is 5.26. The van der Waals surface area contributed by atoms with E-state index in [9.17, 15) is 9.59 Å². The number of thiocarbonyl (C=S) groups is 1. The summed E-state index contributed by atoms with van der Waals surface area (Å²) in [5.74, 6) is -0.367. The number of nitrogens with two attached hydrogens (primary N) is 1. The van der Waals surface area contributed by atoms with Crippen LogP contribution in [0.5, 0.6) is 0 Å².